The molecule has 3 heteroatoms. The summed E-state index contributed by atoms with van der Waals surface area (Å²) >= 11 is 0. The van der Waals surface area contributed by atoms with Crippen molar-refractivity contribution in [2.24, 2.45) is 5.73 Å². The van der Waals surface area contributed by atoms with Crippen LogP contribution in [0.1, 0.15) is 71.1 Å². The van der Waals surface area contributed by atoms with Gasteiger partial charge in [0.2, 0.25) is 5.91 Å². The molecule has 0 unspecified atom stereocenters. The van der Waals surface area contributed by atoms with Crippen molar-refractivity contribution in [1.82, 2.24) is 5.32 Å². The van der Waals surface area contributed by atoms with E-state index in [1.807, 2.05) is 12.2 Å². The van der Waals surface area contributed by atoms with Gasteiger partial charge in [0.25, 0.3) is 0 Å². The van der Waals surface area contributed by atoms with Crippen LogP contribution in [0.2, 0.25) is 0 Å². The van der Waals surface area contributed by atoms with Gasteiger partial charge >= 0.3 is 0 Å². The highest BCUT2D eigenvalue weighted by Gasteiger charge is 1.99. The molecule has 0 aliphatic rings. The number of hydrogen-bond donors (Lipinski definition) is 2. The Morgan fingerprint density at radius 1 is 0.947 bits per heavy atom. The van der Waals surface area contributed by atoms with Gasteiger partial charge in [-0.15, -0.1) is 0 Å². The van der Waals surface area contributed by atoms with Crippen molar-refractivity contribution < 1.29 is 4.79 Å². The van der Waals surface area contributed by atoms with Gasteiger partial charge in [-0.25, -0.2) is 0 Å². The molecule has 0 spiro atoms. The lowest BCUT2D eigenvalue weighted by molar-refractivity contribution is -0.121. The molecule has 0 aliphatic heterocycles. The molecule has 112 valence electrons. The Bertz CT molecular complexity index is 227. The molecule has 0 aromatic carbocycles. The average molecular weight is 268 g/mol. The first-order valence-corrected chi connectivity index (χ1v) is 7.93. The molecule has 19 heavy (non-hydrogen) atoms. The van der Waals surface area contributed by atoms with E-state index in [0.29, 0.717) is 19.5 Å². The molecule has 0 bridgehead atoms. The Morgan fingerprint density at radius 3 is 2.11 bits per heavy atom. The Labute approximate surface area is 119 Å². The summed E-state index contributed by atoms with van der Waals surface area (Å²) < 4.78 is 0. The van der Waals surface area contributed by atoms with E-state index in [4.69, 9.17) is 5.73 Å². The molecule has 0 aliphatic carbocycles. The first-order valence-electron chi connectivity index (χ1n) is 7.93. The first kappa shape index (κ1) is 18.2. The Balaban J connectivity index is 3.16. The van der Waals surface area contributed by atoms with E-state index in [1.165, 1.54) is 51.4 Å². The molecule has 0 atom stereocenters. The van der Waals surface area contributed by atoms with Gasteiger partial charge in [0.15, 0.2) is 0 Å². The second kappa shape index (κ2) is 15.2. The number of carbonyl (C=O) groups excluding carboxylic acids is 1. The molecule has 0 radical (unpaired) electrons. The number of amides is 1. The van der Waals surface area contributed by atoms with Crippen LogP contribution < -0.4 is 11.1 Å². The number of rotatable bonds is 13. The zero-order chi connectivity index (χ0) is 14.2. The topological polar surface area (TPSA) is 55.1 Å². The average Bonchev–Trinajstić information content (AvgIpc) is 2.42. The summed E-state index contributed by atoms with van der Waals surface area (Å²) in [6.45, 7) is 3.39. The smallest absolute Gasteiger partial charge is 0.220 e. The van der Waals surface area contributed by atoms with E-state index in [9.17, 15) is 4.79 Å². The minimum Gasteiger partial charge on any atom is -0.353 e. The molecule has 0 rings (SSSR count). The summed E-state index contributed by atoms with van der Waals surface area (Å²) in [4.78, 5) is 11.4. The fourth-order valence-corrected chi connectivity index (χ4v) is 2.04. The highest BCUT2D eigenvalue weighted by Crippen LogP contribution is 2.10. The van der Waals surface area contributed by atoms with Crippen LogP contribution in [0.4, 0.5) is 0 Å². The first-order chi connectivity index (χ1) is 9.31. The summed E-state index contributed by atoms with van der Waals surface area (Å²) in [5.41, 5.74) is 5.31. The van der Waals surface area contributed by atoms with Crippen molar-refractivity contribution in [1.29, 1.82) is 0 Å². The van der Waals surface area contributed by atoms with Crippen LogP contribution in [0.25, 0.3) is 0 Å². The van der Waals surface area contributed by atoms with E-state index in [2.05, 4.69) is 12.2 Å². The molecule has 0 heterocycles. The lowest BCUT2D eigenvalue weighted by atomic mass is 10.1. The zero-order valence-electron chi connectivity index (χ0n) is 12.6. The normalized spacial score (nSPS) is 11.1. The van der Waals surface area contributed by atoms with Crippen molar-refractivity contribution >= 4 is 5.91 Å². The van der Waals surface area contributed by atoms with Crippen LogP contribution in [0.5, 0.6) is 0 Å². The largest absolute Gasteiger partial charge is 0.353 e. The summed E-state index contributed by atoms with van der Waals surface area (Å²) in [5.74, 6) is 0.157. The van der Waals surface area contributed by atoms with Crippen LogP contribution >= 0.6 is 0 Å². The van der Waals surface area contributed by atoms with Gasteiger partial charge in [0.05, 0.1) is 0 Å². The quantitative estimate of drug-likeness (QED) is 0.396. The number of nitrogens with one attached hydrogen (secondary N) is 1. The molecule has 0 fully saturated rings. The molecule has 0 saturated heterocycles. The fourth-order valence-electron chi connectivity index (χ4n) is 2.04. The van der Waals surface area contributed by atoms with E-state index < -0.39 is 0 Å². The van der Waals surface area contributed by atoms with Crippen LogP contribution in [-0.4, -0.2) is 19.0 Å². The van der Waals surface area contributed by atoms with Gasteiger partial charge < -0.3 is 11.1 Å². The van der Waals surface area contributed by atoms with Crippen LogP contribution in [0.15, 0.2) is 12.2 Å². The highest BCUT2D eigenvalue weighted by atomic mass is 16.1. The number of nitrogens with two attached hydrogens (primary N) is 1. The van der Waals surface area contributed by atoms with Gasteiger partial charge in [-0.3, -0.25) is 4.79 Å². The molecular weight excluding hydrogens is 236 g/mol. The molecule has 0 aromatic rings. The third-order valence-corrected chi connectivity index (χ3v) is 3.23. The second-order valence-corrected chi connectivity index (χ2v) is 5.09. The van der Waals surface area contributed by atoms with E-state index >= 15 is 0 Å². The molecule has 3 nitrogen and oxygen atoms in total. The van der Waals surface area contributed by atoms with Gasteiger partial charge in [-0.05, 0) is 6.42 Å². The molecule has 1 amide bonds. The third-order valence-electron chi connectivity index (χ3n) is 3.23. The van der Waals surface area contributed by atoms with E-state index in [0.717, 1.165) is 6.42 Å². The van der Waals surface area contributed by atoms with Crippen molar-refractivity contribution in [2.75, 3.05) is 13.1 Å². The minimum atomic E-state index is 0.157. The molecule has 3 N–H and O–H groups in total. The van der Waals surface area contributed by atoms with Crippen LogP contribution in [0.3, 0.4) is 0 Å². The van der Waals surface area contributed by atoms with Crippen molar-refractivity contribution in [2.45, 2.75) is 71.1 Å². The Morgan fingerprint density at radius 2 is 1.53 bits per heavy atom. The monoisotopic (exact) mass is 268 g/mol. The maximum atomic E-state index is 11.4. The third kappa shape index (κ3) is 15.1. The van der Waals surface area contributed by atoms with Gasteiger partial charge in [-0.1, -0.05) is 70.4 Å². The van der Waals surface area contributed by atoms with Crippen molar-refractivity contribution in [3.8, 4) is 0 Å². The molecule has 0 aromatic heterocycles. The van der Waals surface area contributed by atoms with E-state index in [1.54, 1.807) is 0 Å². The van der Waals surface area contributed by atoms with E-state index in [-0.39, 0.29) is 5.91 Å². The maximum Gasteiger partial charge on any atom is 0.220 e. The number of unbranched alkanes of at least 4 members (excludes halogenated alkanes) is 8. The number of hydrogen-bond acceptors (Lipinski definition) is 2. The lowest BCUT2D eigenvalue weighted by Gasteiger charge is -2.03. The standard InChI is InChI=1S/C16H32N2O/c1-2-3-4-5-6-7-8-9-10-13-16(19)18-15-12-11-14-17/h11-12H,2-10,13-15,17H2,1H3,(H,18,19)/b12-11+. The van der Waals surface area contributed by atoms with Gasteiger partial charge in [0.1, 0.15) is 0 Å². The number of carbonyl (C=O) groups is 1. The van der Waals surface area contributed by atoms with Crippen LogP contribution in [-0.2, 0) is 4.79 Å². The van der Waals surface area contributed by atoms with Gasteiger partial charge in [-0.2, -0.15) is 0 Å². The summed E-state index contributed by atoms with van der Waals surface area (Å²) in [6, 6.07) is 0. The second-order valence-electron chi connectivity index (χ2n) is 5.09. The molecular formula is C16H32N2O. The maximum absolute atomic E-state index is 11.4. The zero-order valence-corrected chi connectivity index (χ0v) is 12.6. The summed E-state index contributed by atoms with van der Waals surface area (Å²) in [7, 11) is 0. The van der Waals surface area contributed by atoms with Gasteiger partial charge in [0, 0.05) is 19.5 Å². The Hall–Kier alpha value is -0.830. The predicted octanol–water partition coefficient (Wildman–Crippen LogP) is 3.54. The fraction of sp³-hybridized carbons (Fsp3) is 0.812. The lowest BCUT2D eigenvalue weighted by Crippen LogP contribution is -2.22. The molecule has 0 saturated carbocycles. The summed E-state index contributed by atoms with van der Waals surface area (Å²) in [5, 5.41) is 2.86. The van der Waals surface area contributed by atoms with Crippen LogP contribution in [0, 0.1) is 0 Å². The van der Waals surface area contributed by atoms with Crippen molar-refractivity contribution in [3.05, 3.63) is 12.2 Å². The summed E-state index contributed by atoms with van der Waals surface area (Å²) in [6.07, 6.45) is 16.0. The SMILES string of the molecule is CCCCCCCCCCCC(=O)NC/C=C/CN. The Kier molecular flexibility index (Phi) is 14.6. The minimum absolute atomic E-state index is 0.157. The highest BCUT2D eigenvalue weighted by molar-refractivity contribution is 5.75. The predicted molar refractivity (Wildman–Crippen MR) is 83.0 cm³/mol. The van der Waals surface area contributed by atoms with Crippen molar-refractivity contribution in [3.63, 3.8) is 0 Å².